The minimum absolute atomic E-state index is 0. The molecule has 2 aliphatic rings. The zero-order valence-electron chi connectivity index (χ0n) is 46.3. The van der Waals surface area contributed by atoms with Gasteiger partial charge in [0.1, 0.15) is 0 Å². The topological polar surface area (TPSA) is 64.6 Å². The summed E-state index contributed by atoms with van der Waals surface area (Å²) < 4.78 is 84.5. The van der Waals surface area contributed by atoms with Crippen LogP contribution in [-0.2, 0) is 40.6 Å². The maximum absolute atomic E-state index is 12.9. The number of alkyl halides is 4. The molecular formula is C51H109BF4NO4SW. The summed E-state index contributed by atoms with van der Waals surface area (Å²) in [5.74, 6) is -1.52. The summed E-state index contributed by atoms with van der Waals surface area (Å²) in [7, 11) is -2.94. The van der Waals surface area contributed by atoms with E-state index in [0.717, 1.165) is 50.0 Å². The van der Waals surface area contributed by atoms with E-state index in [9.17, 15) is 26.0 Å². The Kier molecular flexibility index (Phi) is 57.1. The van der Waals surface area contributed by atoms with Crippen LogP contribution < -0.4 is 4.72 Å². The molecule has 2 fully saturated rings. The monoisotopic (exact) mass is 1100 g/mol. The average molecular weight is 1100 g/mol. The molecule has 0 aliphatic heterocycles. The number of rotatable bonds is 14. The number of hydrogen-bond donors (Lipinski definition) is 1. The van der Waals surface area contributed by atoms with Crippen molar-refractivity contribution in [3.8, 4) is 0 Å². The van der Waals surface area contributed by atoms with Crippen molar-refractivity contribution < 1.29 is 56.5 Å². The molecule has 2 rings (SSSR count). The summed E-state index contributed by atoms with van der Waals surface area (Å²) in [6.45, 7) is 49.0. The first-order valence-electron chi connectivity index (χ1n) is 23.1. The number of sulfonamides is 1. The van der Waals surface area contributed by atoms with E-state index in [2.05, 4.69) is 116 Å². The van der Waals surface area contributed by atoms with Gasteiger partial charge in [-0.2, -0.15) is 0 Å². The minimum Gasteiger partial charge on any atom is -0.373 e. The van der Waals surface area contributed by atoms with Crippen LogP contribution in [-0.4, -0.2) is 64.9 Å². The fraction of sp³-hybridized carbons (Fsp3) is 0.922. The second kappa shape index (κ2) is 43.3. The van der Waals surface area contributed by atoms with Crippen molar-refractivity contribution in [1.29, 1.82) is 0 Å². The molecule has 2 aliphatic carbocycles. The molecule has 0 bridgehead atoms. The van der Waals surface area contributed by atoms with Crippen LogP contribution in [0.5, 0.6) is 0 Å². The molecule has 63 heavy (non-hydrogen) atoms. The van der Waals surface area contributed by atoms with Crippen molar-refractivity contribution in [1.82, 2.24) is 4.72 Å². The maximum atomic E-state index is 12.9. The van der Waals surface area contributed by atoms with E-state index in [1.165, 1.54) is 47.0 Å². The van der Waals surface area contributed by atoms with Gasteiger partial charge in [-0.15, -0.1) is 0 Å². The summed E-state index contributed by atoms with van der Waals surface area (Å²) >= 11 is 0. The fourth-order valence-electron chi connectivity index (χ4n) is 3.40. The van der Waals surface area contributed by atoms with Crippen LogP contribution >= 0.6 is 0 Å². The van der Waals surface area contributed by atoms with Gasteiger partial charge in [0.25, 0.3) is 5.92 Å². The summed E-state index contributed by atoms with van der Waals surface area (Å²) in [5.41, 5.74) is 0.875. The summed E-state index contributed by atoms with van der Waals surface area (Å²) in [5, 5.41) is -0.0881. The van der Waals surface area contributed by atoms with Gasteiger partial charge in [-0.1, -0.05) is 144 Å². The summed E-state index contributed by atoms with van der Waals surface area (Å²) in [6.07, 6.45) is 10.3. The molecule has 0 amide bonds. The van der Waals surface area contributed by atoms with Crippen LogP contribution in [0.4, 0.5) is 17.6 Å². The number of ether oxygens (including phenoxy) is 2. The first-order chi connectivity index (χ1) is 26.4. The third kappa shape index (κ3) is 58.1. The van der Waals surface area contributed by atoms with Gasteiger partial charge in [-0.25, -0.2) is 30.7 Å². The third-order valence-electron chi connectivity index (χ3n) is 9.75. The molecule has 0 aromatic rings. The van der Waals surface area contributed by atoms with Gasteiger partial charge < -0.3 is 24.3 Å². The van der Waals surface area contributed by atoms with E-state index in [-0.39, 0.29) is 55.6 Å². The van der Waals surface area contributed by atoms with Crippen molar-refractivity contribution in [2.24, 2.45) is 40.4 Å². The molecule has 12 heteroatoms. The van der Waals surface area contributed by atoms with Gasteiger partial charge in [0.2, 0.25) is 16.4 Å². The molecule has 3 radical (unpaired) electrons. The van der Waals surface area contributed by atoms with Crippen molar-refractivity contribution in [2.75, 3.05) is 0 Å². The molecular weight excluding hydrogens is 993 g/mol. The van der Waals surface area contributed by atoms with Crippen LogP contribution in [0.2, 0.25) is 0 Å². The first kappa shape index (κ1) is 83.1. The fourth-order valence-corrected chi connectivity index (χ4v) is 5.00. The average Bonchev–Trinajstić information content (AvgIpc) is 3.83. The van der Waals surface area contributed by atoms with Crippen molar-refractivity contribution in [3.05, 3.63) is 27.0 Å². The summed E-state index contributed by atoms with van der Waals surface area (Å²) in [6, 6.07) is 0.0330. The Bertz CT molecular complexity index is 1040. The minimum atomic E-state index is -2.94. The first-order valence-corrected chi connectivity index (χ1v) is 24.6. The molecule has 0 saturated heterocycles. The predicted molar refractivity (Wildman–Crippen MR) is 271 cm³/mol. The molecule has 2 saturated carbocycles. The van der Waals surface area contributed by atoms with Crippen LogP contribution in [0.25, 0.3) is 0 Å². The standard InChI is InChI=1S/C11H22O2.C10H18F2.C8H18.C6H13NO2S.2C5H12.C4H8F2.2CH3.B.W/c1-8(2)12-10-6-5-7-11(10)13-9(3)4;1-8(2)6-5-7-10(11,12)9(3)4;1-7(2,3)8(4,5)6;1-5(2)7-10(8,9)6-3-4-6;2*1-4-5(2)3;1-3(2)4(5)6;;;;/h8-11H,5-7H2,1-4H3;5,7-9H,6H2,1-4H3;1-6H3;5-7H,3-4H2,1-2H3;2*5H,4H2,1-3H3;3-4H,1-2H3;2*1H3;;/q;;;;;;;2*-1;;+2/b;7-5+;;;;;;;;;/t10-,11-;;;;;;;;;;/m1........../s1. The Morgan fingerprint density at radius 1 is 0.635 bits per heavy atom. The molecule has 0 heterocycles. The van der Waals surface area contributed by atoms with Crippen molar-refractivity contribution >= 4 is 18.4 Å². The van der Waals surface area contributed by atoms with E-state index >= 15 is 0 Å². The molecule has 0 spiro atoms. The van der Waals surface area contributed by atoms with Crippen LogP contribution in [0.1, 0.15) is 218 Å². The largest absolute Gasteiger partial charge is 2.00 e. The van der Waals surface area contributed by atoms with E-state index < -0.39 is 34.2 Å². The van der Waals surface area contributed by atoms with Gasteiger partial charge in [-0.3, -0.25) is 0 Å². The zero-order chi connectivity index (χ0) is 48.1. The Balaban J connectivity index is -0.0000000785. The molecule has 5 nitrogen and oxygen atoms in total. The number of halogens is 4. The van der Waals surface area contributed by atoms with Gasteiger partial charge >= 0.3 is 21.1 Å². The molecule has 0 aromatic carbocycles. The predicted octanol–water partition coefficient (Wildman–Crippen LogP) is 16.7. The second-order valence-electron chi connectivity index (χ2n) is 20.9. The zero-order valence-corrected chi connectivity index (χ0v) is 50.0. The molecule has 1 N–H and O–H groups in total. The molecule has 2 atom stereocenters. The Morgan fingerprint density at radius 3 is 1.11 bits per heavy atom. The molecule has 0 aromatic heterocycles. The number of hydrogen-bond acceptors (Lipinski definition) is 4. The van der Waals surface area contributed by atoms with Gasteiger partial charge in [0.15, 0.2) is 0 Å². The van der Waals surface area contributed by atoms with Crippen LogP contribution in [0.3, 0.4) is 0 Å². The van der Waals surface area contributed by atoms with E-state index in [1.807, 2.05) is 27.7 Å². The summed E-state index contributed by atoms with van der Waals surface area (Å²) in [4.78, 5) is 0. The van der Waals surface area contributed by atoms with Gasteiger partial charge in [0.05, 0.1) is 29.7 Å². The third-order valence-corrected chi connectivity index (χ3v) is 11.9. The normalized spacial score (nSPS) is 16.1. The Hall–Kier alpha value is 0.0432. The van der Waals surface area contributed by atoms with Gasteiger partial charge in [0, 0.05) is 26.3 Å². The SMILES string of the molecule is CC(C)(C)C(C)(C)C.CC(C)C(F)F.CC(C)C/C=C/C(F)(F)C(C)C.CC(C)NS(=O)(=O)C1CC1.CC(C)O[C@@H]1CCC[C@H]1OC(C)C.CCC(C)C.CCC(C)C.[B].[CH3-].[CH3-].[W+2]. The number of nitrogens with one attached hydrogen (secondary N) is 1. The smallest absolute Gasteiger partial charge is 0.373 e. The van der Waals surface area contributed by atoms with Crippen molar-refractivity contribution in [2.45, 2.75) is 266 Å². The maximum Gasteiger partial charge on any atom is 2.00 e. The quantitative estimate of drug-likeness (QED) is 0.0815. The van der Waals surface area contributed by atoms with Crippen molar-refractivity contribution in [3.63, 3.8) is 0 Å². The van der Waals surface area contributed by atoms with E-state index in [4.69, 9.17) is 9.47 Å². The number of allylic oxidation sites excluding steroid dienone is 2. The Morgan fingerprint density at radius 2 is 0.937 bits per heavy atom. The second-order valence-corrected chi connectivity index (χ2v) is 22.9. The van der Waals surface area contributed by atoms with Gasteiger partial charge in [-0.05, 0) is 115 Å². The van der Waals surface area contributed by atoms with E-state index in [0.29, 0.717) is 41.2 Å². The molecule has 0 unspecified atom stereocenters. The van der Waals surface area contributed by atoms with Crippen LogP contribution in [0, 0.1) is 55.3 Å². The molecule has 385 valence electrons. The Labute approximate surface area is 410 Å². The van der Waals surface area contributed by atoms with E-state index in [1.54, 1.807) is 6.08 Å². The van der Waals surface area contributed by atoms with Crippen LogP contribution in [0.15, 0.2) is 12.2 Å².